The van der Waals surface area contributed by atoms with Gasteiger partial charge in [-0.1, -0.05) is 70.2 Å². The monoisotopic (exact) mass is 881 g/mol. The first-order chi connectivity index (χ1) is 31.4. The normalized spacial score (nSPS) is 19.4. The summed E-state index contributed by atoms with van der Waals surface area (Å²) in [5.74, 6) is 1.41. The zero-order valence-corrected chi connectivity index (χ0v) is 37.5. The summed E-state index contributed by atoms with van der Waals surface area (Å²) >= 11 is 0. The van der Waals surface area contributed by atoms with E-state index in [-0.39, 0.29) is 35.7 Å². The van der Waals surface area contributed by atoms with E-state index in [1.807, 2.05) is 58.3 Å². The van der Waals surface area contributed by atoms with Crippen LogP contribution in [0.2, 0.25) is 0 Å². The van der Waals surface area contributed by atoms with Crippen LogP contribution in [0.4, 0.5) is 9.59 Å². The Morgan fingerprint density at radius 3 is 1.78 bits per heavy atom. The molecule has 16 nitrogen and oxygen atoms in total. The van der Waals surface area contributed by atoms with Gasteiger partial charge in [-0.2, -0.15) is 0 Å². The molecule has 9 rings (SSSR count). The van der Waals surface area contributed by atoms with E-state index in [1.54, 1.807) is 0 Å². The molecule has 0 bridgehead atoms. The van der Waals surface area contributed by atoms with E-state index >= 15 is 0 Å². The fraction of sp³-hybridized carbons (Fsp3) is 0.388. The quantitative estimate of drug-likeness (QED) is 0.0984. The molecule has 4 N–H and O–H groups in total. The van der Waals surface area contributed by atoms with Gasteiger partial charge in [-0.15, -0.1) is 0 Å². The van der Waals surface area contributed by atoms with Gasteiger partial charge in [-0.3, -0.25) is 30.0 Å². The number of fused-ring (bicyclic) bond motifs is 5. The van der Waals surface area contributed by atoms with Crippen LogP contribution in [0.25, 0.3) is 44.7 Å². The van der Waals surface area contributed by atoms with Crippen molar-refractivity contribution in [1.82, 2.24) is 44.9 Å². The van der Waals surface area contributed by atoms with E-state index in [0.29, 0.717) is 13.1 Å². The van der Waals surface area contributed by atoms with Crippen molar-refractivity contribution in [1.29, 1.82) is 0 Å². The molecule has 2 unspecified atom stereocenters. The van der Waals surface area contributed by atoms with Gasteiger partial charge in [0.15, 0.2) is 0 Å². The van der Waals surface area contributed by atoms with E-state index in [0.717, 1.165) is 93.3 Å². The first kappa shape index (κ1) is 43.5. The van der Waals surface area contributed by atoms with Crippen molar-refractivity contribution in [2.45, 2.75) is 83.8 Å². The maximum atomic E-state index is 13.2. The molecule has 0 spiro atoms. The Balaban J connectivity index is 1.01. The standard InChI is InChI=1S/C49H55N9O7/c1-27(2)41(45(59)54-48(61)63-5)56-20-10-14-37(56)43-50-25-34(52-43)30-17-19-36-32(22-30)23-39-33-18-16-31(24-40(33)65-47(58(36)39)29-12-8-7-9-13-29)35-26-51-44(53-35)38-15-11-21-57(38)42(28(3)4)46(60)55-49(62)64-6/h7-9,12-13,16-19,22-28,37-38,41-42,47H,10-11,14-15,20-21H2,1-6H3,(H,50,52)(H,51,53)(H,54,59,61)(H,55,60,62)/t37?,38?,41-,42-,47-/m0/s1. The number of nitrogens with one attached hydrogen (secondary N) is 4. The number of aromatic nitrogens is 5. The largest absolute Gasteiger partial charge is 0.465 e. The van der Waals surface area contributed by atoms with Gasteiger partial charge in [0.2, 0.25) is 18.0 Å². The number of aromatic amines is 2. The first-order valence-electron chi connectivity index (χ1n) is 22.3. The van der Waals surface area contributed by atoms with Crippen LogP contribution < -0.4 is 15.4 Å². The van der Waals surface area contributed by atoms with Crippen LogP contribution in [0, 0.1) is 11.8 Å². The lowest BCUT2D eigenvalue weighted by Crippen LogP contribution is -2.51. The van der Waals surface area contributed by atoms with Gasteiger partial charge in [0.05, 0.1) is 73.4 Å². The second-order valence-electron chi connectivity index (χ2n) is 17.8. The molecule has 4 amide bonds. The number of likely N-dealkylation sites (tertiary alicyclic amines) is 2. The van der Waals surface area contributed by atoms with Crippen molar-refractivity contribution < 1.29 is 33.4 Å². The number of imidazole rings is 2. The highest BCUT2D eigenvalue weighted by molar-refractivity contribution is 5.96. The number of imide groups is 2. The molecule has 3 aliphatic heterocycles. The van der Waals surface area contributed by atoms with Gasteiger partial charge >= 0.3 is 12.2 Å². The number of benzene rings is 3. The van der Waals surface area contributed by atoms with Crippen LogP contribution in [0.3, 0.4) is 0 Å². The van der Waals surface area contributed by atoms with Crippen molar-refractivity contribution >= 4 is 34.9 Å². The summed E-state index contributed by atoms with van der Waals surface area (Å²) in [5.41, 5.74) is 7.58. The Labute approximate surface area is 377 Å². The van der Waals surface area contributed by atoms with Crippen molar-refractivity contribution in [3.8, 4) is 39.5 Å². The van der Waals surface area contributed by atoms with Crippen molar-refractivity contribution in [2.24, 2.45) is 11.8 Å². The van der Waals surface area contributed by atoms with Gasteiger partial charge in [0.1, 0.15) is 17.4 Å². The summed E-state index contributed by atoms with van der Waals surface area (Å²) < 4.78 is 18.6. The maximum absolute atomic E-state index is 13.2. The molecular weight excluding hydrogens is 827 g/mol. The van der Waals surface area contributed by atoms with E-state index in [4.69, 9.17) is 24.2 Å². The SMILES string of the molecule is COC(=O)NC(=O)[C@H](C(C)C)N1CCCC1c1ncc(-c2ccc3c(c2)O[C@@H](c2ccccc2)n2c-3cc3cc(-c4cnc(C5CCCN5[C@H](C(=O)NC(=O)OC)C(C)C)[nH]4)ccc32)[nH]1. The van der Waals surface area contributed by atoms with E-state index < -0.39 is 30.5 Å². The van der Waals surface area contributed by atoms with E-state index in [9.17, 15) is 19.2 Å². The molecule has 2 fully saturated rings. The number of methoxy groups -OCH3 is 2. The van der Waals surface area contributed by atoms with E-state index in [1.165, 1.54) is 14.2 Å². The third kappa shape index (κ3) is 8.27. The molecular formula is C49H55N9O7. The van der Waals surface area contributed by atoms with Crippen LogP contribution >= 0.6 is 0 Å². The average Bonchev–Trinajstić information content (AvgIpc) is 4.16. The third-order valence-electron chi connectivity index (χ3n) is 13.0. The molecule has 2 saturated heterocycles. The molecule has 3 aliphatic rings. The molecule has 3 aromatic carbocycles. The summed E-state index contributed by atoms with van der Waals surface area (Å²) in [7, 11) is 2.49. The predicted molar refractivity (Wildman–Crippen MR) is 243 cm³/mol. The van der Waals surface area contributed by atoms with Gasteiger partial charge in [-0.25, -0.2) is 19.6 Å². The molecule has 6 heterocycles. The number of H-pyrrole nitrogens is 2. The number of carbonyl (C=O) groups excluding carboxylic acids is 4. The molecule has 0 radical (unpaired) electrons. The lowest BCUT2D eigenvalue weighted by molar-refractivity contribution is -0.128. The maximum Gasteiger partial charge on any atom is 0.413 e. The minimum absolute atomic E-state index is 0.0491. The molecule has 65 heavy (non-hydrogen) atoms. The number of hydrogen-bond acceptors (Lipinski definition) is 11. The lowest BCUT2D eigenvalue weighted by atomic mass is 10.0. The highest BCUT2D eigenvalue weighted by atomic mass is 16.5. The fourth-order valence-corrected chi connectivity index (χ4v) is 10.1. The second kappa shape index (κ2) is 18.0. The molecule has 0 aliphatic carbocycles. The van der Waals surface area contributed by atoms with Crippen molar-refractivity contribution in [3.63, 3.8) is 0 Å². The van der Waals surface area contributed by atoms with Gasteiger partial charge in [0.25, 0.3) is 0 Å². The molecule has 5 atom stereocenters. The zero-order chi connectivity index (χ0) is 45.5. The number of carbonyl (C=O) groups is 4. The topological polar surface area (TPSA) is 189 Å². The van der Waals surface area contributed by atoms with E-state index in [2.05, 4.69) is 89.6 Å². The zero-order valence-electron chi connectivity index (χ0n) is 37.5. The number of alkyl carbamates (subject to hydrolysis) is 2. The fourth-order valence-electron chi connectivity index (χ4n) is 10.1. The second-order valence-corrected chi connectivity index (χ2v) is 17.8. The van der Waals surface area contributed by atoms with Crippen molar-refractivity contribution in [3.05, 3.63) is 102 Å². The molecule has 16 heteroatoms. The summed E-state index contributed by atoms with van der Waals surface area (Å²) in [6, 6.07) is 23.7. The average molecular weight is 882 g/mol. The Morgan fingerprint density at radius 2 is 1.25 bits per heavy atom. The number of nitrogens with zero attached hydrogens (tertiary/aromatic N) is 5. The number of amides is 4. The summed E-state index contributed by atoms with van der Waals surface area (Å²) in [4.78, 5) is 71.5. The number of hydrogen-bond donors (Lipinski definition) is 4. The number of rotatable bonds is 11. The molecule has 6 aromatic rings. The Bertz CT molecular complexity index is 2740. The molecule has 0 saturated carbocycles. The van der Waals surface area contributed by atoms with Crippen molar-refractivity contribution in [2.75, 3.05) is 27.3 Å². The van der Waals surface area contributed by atoms with Crippen LogP contribution in [0.15, 0.2) is 85.2 Å². The minimum atomic E-state index is -0.771. The summed E-state index contributed by atoms with van der Waals surface area (Å²) in [5, 5.41) is 5.79. The summed E-state index contributed by atoms with van der Waals surface area (Å²) in [6.07, 6.45) is 5.14. The smallest absolute Gasteiger partial charge is 0.413 e. The Hall–Kier alpha value is -6.78. The first-order valence-corrected chi connectivity index (χ1v) is 22.3. The van der Waals surface area contributed by atoms with Crippen LogP contribution in [0.5, 0.6) is 5.75 Å². The van der Waals surface area contributed by atoms with Gasteiger partial charge < -0.3 is 28.7 Å². The van der Waals surface area contributed by atoms with Crippen LogP contribution in [-0.2, 0) is 19.1 Å². The number of ether oxygens (including phenoxy) is 3. The van der Waals surface area contributed by atoms with Gasteiger partial charge in [-0.05, 0) is 80.9 Å². The molecule has 3 aromatic heterocycles. The van der Waals surface area contributed by atoms with Crippen LogP contribution in [0.1, 0.15) is 88.9 Å². The lowest BCUT2D eigenvalue weighted by Gasteiger charge is -2.33. The highest BCUT2D eigenvalue weighted by Gasteiger charge is 2.41. The van der Waals surface area contributed by atoms with Gasteiger partial charge in [0, 0.05) is 27.6 Å². The minimum Gasteiger partial charge on any atom is -0.465 e. The molecule has 338 valence electrons. The Kier molecular flexibility index (Phi) is 12.0. The predicted octanol–water partition coefficient (Wildman–Crippen LogP) is 8.12. The Morgan fingerprint density at radius 1 is 0.708 bits per heavy atom. The summed E-state index contributed by atoms with van der Waals surface area (Å²) in [6.45, 7) is 9.31. The third-order valence-corrected chi connectivity index (χ3v) is 13.0. The highest BCUT2D eigenvalue weighted by Crippen LogP contribution is 2.46. The van der Waals surface area contributed by atoms with Crippen LogP contribution in [-0.4, -0.2) is 97.7 Å².